The van der Waals surface area contributed by atoms with E-state index in [4.69, 9.17) is 9.26 Å². The number of methoxy groups -OCH3 is 1. The van der Waals surface area contributed by atoms with Gasteiger partial charge in [-0.2, -0.15) is 0 Å². The molecule has 0 spiro atoms. The van der Waals surface area contributed by atoms with E-state index in [1.807, 2.05) is 17.5 Å². The first kappa shape index (κ1) is 20.5. The fourth-order valence-corrected chi connectivity index (χ4v) is 3.87. The Morgan fingerprint density at radius 3 is 2.68 bits per heavy atom. The SMILES string of the molecule is COc1ccc(NC(=O)CN(C)C(=O)c2cc(-c3cccs3)nc3onc(C)c23)cc1. The van der Waals surface area contributed by atoms with Crippen LogP contribution < -0.4 is 10.1 Å². The summed E-state index contributed by atoms with van der Waals surface area (Å²) < 4.78 is 10.4. The monoisotopic (exact) mass is 436 g/mol. The van der Waals surface area contributed by atoms with Crippen molar-refractivity contribution in [1.82, 2.24) is 15.0 Å². The molecule has 0 fully saturated rings. The van der Waals surface area contributed by atoms with Crippen LogP contribution >= 0.6 is 11.3 Å². The van der Waals surface area contributed by atoms with Crippen LogP contribution in [0.1, 0.15) is 16.1 Å². The molecule has 8 nitrogen and oxygen atoms in total. The minimum absolute atomic E-state index is 0.118. The number of thiophene rings is 1. The standard InChI is InChI=1S/C22H20N4O4S/c1-13-20-16(11-17(18-5-4-10-31-18)24-21(20)30-25-13)22(28)26(2)12-19(27)23-14-6-8-15(29-3)9-7-14/h4-11H,12H2,1-3H3,(H,23,27). The number of pyridine rings is 1. The second kappa shape index (κ2) is 8.57. The first-order valence-corrected chi connectivity index (χ1v) is 10.3. The number of likely N-dealkylation sites (N-methyl/N-ethyl adjacent to an activating group) is 1. The average Bonchev–Trinajstić information content (AvgIpc) is 3.43. The predicted octanol–water partition coefficient (Wildman–Crippen LogP) is 3.98. The molecule has 0 radical (unpaired) electrons. The number of carbonyl (C=O) groups is 2. The van der Waals surface area contributed by atoms with Crippen LogP contribution in [0.2, 0.25) is 0 Å². The zero-order valence-electron chi connectivity index (χ0n) is 17.2. The van der Waals surface area contributed by atoms with Gasteiger partial charge in [0, 0.05) is 12.7 Å². The predicted molar refractivity (Wildman–Crippen MR) is 118 cm³/mol. The number of ether oxygens (including phenoxy) is 1. The molecule has 0 unspecified atom stereocenters. The summed E-state index contributed by atoms with van der Waals surface area (Å²) >= 11 is 1.51. The van der Waals surface area contributed by atoms with Crippen LogP contribution in [-0.2, 0) is 4.79 Å². The van der Waals surface area contributed by atoms with Crippen LogP contribution in [0.5, 0.6) is 5.75 Å². The van der Waals surface area contributed by atoms with Gasteiger partial charge in [0.15, 0.2) is 0 Å². The molecule has 31 heavy (non-hydrogen) atoms. The molecule has 0 aliphatic rings. The van der Waals surface area contributed by atoms with E-state index >= 15 is 0 Å². The summed E-state index contributed by atoms with van der Waals surface area (Å²) in [4.78, 5) is 32.5. The third kappa shape index (κ3) is 4.26. The Morgan fingerprint density at radius 2 is 2.00 bits per heavy atom. The van der Waals surface area contributed by atoms with E-state index in [9.17, 15) is 9.59 Å². The van der Waals surface area contributed by atoms with Gasteiger partial charge in [0.25, 0.3) is 11.6 Å². The normalized spacial score (nSPS) is 10.8. The Labute approximate surface area is 182 Å². The number of nitrogens with zero attached hydrogens (tertiary/aromatic N) is 3. The molecule has 0 saturated carbocycles. The zero-order chi connectivity index (χ0) is 22.0. The number of aryl methyl sites for hydroxylation is 1. The molecule has 0 atom stereocenters. The summed E-state index contributed by atoms with van der Waals surface area (Å²) in [5.74, 6) is 0.0610. The highest BCUT2D eigenvalue weighted by Gasteiger charge is 2.23. The van der Waals surface area contributed by atoms with E-state index in [0.717, 1.165) is 4.88 Å². The summed E-state index contributed by atoms with van der Waals surface area (Å²) in [5, 5.41) is 9.22. The van der Waals surface area contributed by atoms with Crippen LogP contribution in [0, 0.1) is 6.92 Å². The number of carbonyl (C=O) groups excluding carboxylic acids is 2. The number of anilines is 1. The smallest absolute Gasteiger partial charge is 0.259 e. The summed E-state index contributed by atoms with van der Waals surface area (Å²) in [6, 6.07) is 12.5. The van der Waals surface area contributed by atoms with Gasteiger partial charge in [-0.05, 0) is 48.7 Å². The second-order valence-electron chi connectivity index (χ2n) is 6.92. The molecule has 1 aromatic carbocycles. The highest BCUT2D eigenvalue weighted by atomic mass is 32.1. The van der Waals surface area contributed by atoms with Crippen molar-refractivity contribution >= 4 is 39.9 Å². The highest BCUT2D eigenvalue weighted by molar-refractivity contribution is 7.13. The van der Waals surface area contributed by atoms with Gasteiger partial charge >= 0.3 is 0 Å². The van der Waals surface area contributed by atoms with Gasteiger partial charge in [0.1, 0.15) is 5.75 Å². The van der Waals surface area contributed by atoms with Crippen molar-refractivity contribution in [2.75, 3.05) is 26.0 Å². The molecular weight excluding hydrogens is 416 g/mol. The lowest BCUT2D eigenvalue weighted by molar-refractivity contribution is -0.116. The maximum Gasteiger partial charge on any atom is 0.259 e. The van der Waals surface area contributed by atoms with Crippen molar-refractivity contribution < 1.29 is 18.8 Å². The molecule has 9 heteroatoms. The number of hydrogen-bond acceptors (Lipinski definition) is 7. The Balaban J connectivity index is 1.56. The van der Waals surface area contributed by atoms with Gasteiger partial charge in [0.05, 0.1) is 40.9 Å². The lowest BCUT2D eigenvalue weighted by atomic mass is 10.1. The molecule has 0 bridgehead atoms. The first-order chi connectivity index (χ1) is 15.0. The van der Waals surface area contributed by atoms with E-state index in [2.05, 4.69) is 15.5 Å². The van der Waals surface area contributed by atoms with Crippen molar-refractivity contribution in [2.45, 2.75) is 6.92 Å². The number of benzene rings is 1. The van der Waals surface area contributed by atoms with Crippen molar-refractivity contribution in [2.24, 2.45) is 0 Å². The van der Waals surface area contributed by atoms with E-state index in [1.165, 1.54) is 16.2 Å². The molecule has 3 heterocycles. The van der Waals surface area contributed by atoms with E-state index in [-0.39, 0.29) is 18.4 Å². The number of nitrogens with one attached hydrogen (secondary N) is 1. The Hall–Kier alpha value is -3.72. The van der Waals surface area contributed by atoms with Crippen LogP contribution in [0.15, 0.2) is 52.4 Å². The second-order valence-corrected chi connectivity index (χ2v) is 7.87. The number of rotatable bonds is 6. The highest BCUT2D eigenvalue weighted by Crippen LogP contribution is 2.30. The number of hydrogen-bond donors (Lipinski definition) is 1. The molecule has 3 aromatic heterocycles. The van der Waals surface area contributed by atoms with Crippen molar-refractivity contribution in [3.05, 3.63) is 59.1 Å². The Kier molecular flexibility index (Phi) is 5.68. The van der Waals surface area contributed by atoms with Crippen LogP contribution in [-0.4, -0.2) is 47.6 Å². The lowest BCUT2D eigenvalue weighted by Crippen LogP contribution is -2.35. The summed E-state index contributed by atoms with van der Waals surface area (Å²) in [6.07, 6.45) is 0. The third-order valence-electron chi connectivity index (χ3n) is 4.72. The number of aromatic nitrogens is 2. The maximum atomic E-state index is 13.2. The topological polar surface area (TPSA) is 97.6 Å². The summed E-state index contributed by atoms with van der Waals surface area (Å²) in [5.41, 5.74) is 2.50. The maximum absolute atomic E-state index is 13.2. The van der Waals surface area contributed by atoms with Gasteiger partial charge in [-0.15, -0.1) is 11.3 Å². The Morgan fingerprint density at radius 1 is 1.23 bits per heavy atom. The molecule has 0 saturated heterocycles. The van der Waals surface area contributed by atoms with Gasteiger partial charge in [-0.3, -0.25) is 9.59 Å². The summed E-state index contributed by atoms with van der Waals surface area (Å²) in [6.45, 7) is 1.64. The summed E-state index contributed by atoms with van der Waals surface area (Å²) in [7, 11) is 3.15. The molecule has 4 aromatic rings. The van der Waals surface area contributed by atoms with Crippen LogP contribution in [0.25, 0.3) is 21.7 Å². The van der Waals surface area contributed by atoms with Crippen LogP contribution in [0.3, 0.4) is 0 Å². The largest absolute Gasteiger partial charge is 0.497 e. The van der Waals surface area contributed by atoms with Gasteiger partial charge in [-0.25, -0.2) is 4.98 Å². The van der Waals surface area contributed by atoms with E-state index in [1.54, 1.807) is 51.4 Å². The lowest BCUT2D eigenvalue weighted by Gasteiger charge is -2.18. The van der Waals surface area contributed by atoms with E-state index < -0.39 is 0 Å². The van der Waals surface area contributed by atoms with E-state index in [0.29, 0.717) is 39.5 Å². The third-order valence-corrected chi connectivity index (χ3v) is 5.61. The quantitative estimate of drug-likeness (QED) is 0.491. The van der Waals surface area contributed by atoms with Gasteiger partial charge in [-0.1, -0.05) is 11.2 Å². The fourth-order valence-electron chi connectivity index (χ4n) is 3.18. The van der Waals surface area contributed by atoms with Gasteiger partial charge < -0.3 is 19.5 Å². The van der Waals surface area contributed by atoms with Gasteiger partial charge in [0.2, 0.25) is 5.91 Å². The molecule has 1 N–H and O–H groups in total. The van der Waals surface area contributed by atoms with Crippen LogP contribution in [0.4, 0.5) is 5.69 Å². The molecule has 0 aliphatic carbocycles. The number of fused-ring (bicyclic) bond motifs is 1. The molecule has 2 amide bonds. The minimum Gasteiger partial charge on any atom is -0.497 e. The van der Waals surface area contributed by atoms with Crippen molar-refractivity contribution in [1.29, 1.82) is 0 Å². The number of amides is 2. The average molecular weight is 436 g/mol. The molecule has 4 rings (SSSR count). The first-order valence-electron chi connectivity index (χ1n) is 9.46. The van der Waals surface area contributed by atoms with Crippen molar-refractivity contribution in [3.8, 4) is 16.3 Å². The molecule has 158 valence electrons. The molecule has 0 aliphatic heterocycles. The Bertz CT molecular complexity index is 1230. The van der Waals surface area contributed by atoms with Crippen molar-refractivity contribution in [3.63, 3.8) is 0 Å². The molecular formula is C22H20N4O4S. The minimum atomic E-state index is -0.318. The fraction of sp³-hybridized carbons (Fsp3) is 0.182. The zero-order valence-corrected chi connectivity index (χ0v) is 18.0.